The summed E-state index contributed by atoms with van der Waals surface area (Å²) < 4.78 is 45.4. The number of halogens is 3. The molecule has 1 aliphatic rings. The average Bonchev–Trinajstić information content (AvgIpc) is 3.38. The Kier molecular flexibility index (Phi) is 5.55. The van der Waals surface area contributed by atoms with Crippen molar-refractivity contribution in [3.63, 3.8) is 0 Å². The van der Waals surface area contributed by atoms with E-state index in [0.29, 0.717) is 18.3 Å². The maximum absolute atomic E-state index is 13.3. The van der Waals surface area contributed by atoms with Gasteiger partial charge in [0.05, 0.1) is 28.4 Å². The van der Waals surface area contributed by atoms with Gasteiger partial charge in [-0.3, -0.25) is 9.69 Å². The Balaban J connectivity index is 1.72. The van der Waals surface area contributed by atoms with Gasteiger partial charge in [0.15, 0.2) is 5.13 Å². The Bertz CT molecular complexity index is 1030. The van der Waals surface area contributed by atoms with Gasteiger partial charge in [-0.05, 0) is 62.1 Å². The number of fused-ring (bicyclic) bond motifs is 1. The van der Waals surface area contributed by atoms with Crippen molar-refractivity contribution < 1.29 is 22.7 Å². The monoisotopic (exact) mass is 434 g/mol. The summed E-state index contributed by atoms with van der Waals surface area (Å²) in [5, 5.41) is 0.530. The van der Waals surface area contributed by atoms with Gasteiger partial charge in [-0.1, -0.05) is 23.5 Å². The predicted molar refractivity (Wildman–Crippen MR) is 111 cm³/mol. The smallest absolute Gasteiger partial charge is 0.376 e. The molecule has 0 spiro atoms. The number of anilines is 1. The molecule has 0 aliphatic carbocycles. The van der Waals surface area contributed by atoms with E-state index in [2.05, 4.69) is 0 Å². The molecule has 158 valence electrons. The number of amides is 1. The number of nitrogens with zero attached hydrogens (tertiary/aromatic N) is 2. The molecule has 2 aromatic carbocycles. The van der Waals surface area contributed by atoms with E-state index in [1.807, 2.05) is 26.0 Å². The zero-order valence-corrected chi connectivity index (χ0v) is 17.4. The van der Waals surface area contributed by atoms with Gasteiger partial charge in [-0.15, -0.1) is 0 Å². The van der Waals surface area contributed by atoms with Crippen molar-refractivity contribution in [2.24, 2.45) is 0 Å². The fourth-order valence-electron chi connectivity index (χ4n) is 3.56. The van der Waals surface area contributed by atoms with Crippen LogP contribution in [0.3, 0.4) is 0 Å². The molecule has 4 rings (SSSR count). The number of carbonyl (C=O) groups is 1. The Morgan fingerprint density at radius 3 is 2.47 bits per heavy atom. The van der Waals surface area contributed by atoms with Crippen molar-refractivity contribution in [3.05, 3.63) is 58.7 Å². The molecule has 30 heavy (non-hydrogen) atoms. The van der Waals surface area contributed by atoms with Crippen molar-refractivity contribution in [2.75, 3.05) is 18.1 Å². The zero-order valence-electron chi connectivity index (χ0n) is 16.6. The fourth-order valence-corrected chi connectivity index (χ4v) is 4.68. The van der Waals surface area contributed by atoms with Gasteiger partial charge in [0, 0.05) is 12.2 Å². The molecule has 0 bridgehead atoms. The van der Waals surface area contributed by atoms with Crippen molar-refractivity contribution in [1.82, 2.24) is 4.98 Å². The second-order valence-corrected chi connectivity index (χ2v) is 8.48. The number of hydrogen-bond acceptors (Lipinski definition) is 4. The lowest BCUT2D eigenvalue weighted by Gasteiger charge is -2.23. The van der Waals surface area contributed by atoms with Gasteiger partial charge < -0.3 is 4.74 Å². The molecular weight excluding hydrogens is 413 g/mol. The van der Waals surface area contributed by atoms with Crippen molar-refractivity contribution in [1.29, 1.82) is 0 Å². The van der Waals surface area contributed by atoms with Gasteiger partial charge in [-0.2, -0.15) is 13.2 Å². The first kappa shape index (κ1) is 20.8. The maximum Gasteiger partial charge on any atom is 0.416 e. The minimum Gasteiger partial charge on any atom is -0.376 e. The van der Waals surface area contributed by atoms with E-state index in [4.69, 9.17) is 9.72 Å². The lowest BCUT2D eigenvalue weighted by molar-refractivity contribution is -0.137. The first-order chi connectivity index (χ1) is 14.2. The number of hydrogen-bond donors (Lipinski definition) is 0. The third-order valence-corrected chi connectivity index (χ3v) is 6.49. The van der Waals surface area contributed by atoms with Crippen LogP contribution in [0, 0.1) is 13.8 Å². The van der Waals surface area contributed by atoms with Gasteiger partial charge in [0.2, 0.25) is 0 Å². The predicted octanol–water partition coefficient (Wildman–Crippen LogP) is 5.76. The van der Waals surface area contributed by atoms with E-state index >= 15 is 0 Å². The SMILES string of the molecule is Cc1ccc(C)c2sc(N(CC3CCCO3)C(=O)c3ccc(C(F)(F)F)cc3)nc12. The quantitative estimate of drug-likeness (QED) is 0.525. The third-order valence-electron chi connectivity index (χ3n) is 5.28. The van der Waals surface area contributed by atoms with Crippen LogP contribution in [-0.2, 0) is 10.9 Å². The molecule has 1 aromatic heterocycles. The zero-order chi connectivity index (χ0) is 21.5. The molecule has 3 aromatic rings. The molecule has 8 heteroatoms. The van der Waals surface area contributed by atoms with Crippen LogP contribution < -0.4 is 4.90 Å². The number of ether oxygens (including phenoxy) is 1. The second-order valence-electron chi connectivity index (χ2n) is 7.50. The summed E-state index contributed by atoms with van der Waals surface area (Å²) in [7, 11) is 0. The minimum atomic E-state index is -4.44. The Hall–Kier alpha value is -2.45. The van der Waals surface area contributed by atoms with Crippen LogP contribution >= 0.6 is 11.3 Å². The average molecular weight is 434 g/mol. The number of aromatic nitrogens is 1. The summed E-state index contributed by atoms with van der Waals surface area (Å²) in [6, 6.07) is 8.31. The van der Waals surface area contributed by atoms with Gasteiger partial charge in [-0.25, -0.2) is 4.98 Å². The molecule has 1 amide bonds. The van der Waals surface area contributed by atoms with E-state index < -0.39 is 11.7 Å². The molecule has 0 radical (unpaired) electrons. The van der Waals surface area contributed by atoms with E-state index in [1.54, 1.807) is 4.90 Å². The fraction of sp³-hybridized carbons (Fsp3) is 0.364. The third kappa shape index (κ3) is 4.06. The minimum absolute atomic E-state index is 0.113. The lowest BCUT2D eigenvalue weighted by Crippen LogP contribution is -2.37. The molecule has 1 fully saturated rings. The highest BCUT2D eigenvalue weighted by Crippen LogP contribution is 2.35. The number of carbonyl (C=O) groups excluding carboxylic acids is 1. The number of thiazole rings is 1. The summed E-state index contributed by atoms with van der Waals surface area (Å²) in [4.78, 5) is 19.5. The Morgan fingerprint density at radius 1 is 1.17 bits per heavy atom. The van der Waals surface area contributed by atoms with E-state index in [-0.39, 0.29) is 17.6 Å². The van der Waals surface area contributed by atoms with E-state index in [0.717, 1.165) is 46.3 Å². The summed E-state index contributed by atoms with van der Waals surface area (Å²) in [5.41, 5.74) is 2.33. The van der Waals surface area contributed by atoms with Crippen molar-refractivity contribution in [3.8, 4) is 0 Å². The number of benzene rings is 2. The summed E-state index contributed by atoms with van der Waals surface area (Å²) >= 11 is 1.42. The molecule has 1 aliphatic heterocycles. The van der Waals surface area contributed by atoms with Crippen LogP contribution in [0.25, 0.3) is 10.2 Å². The summed E-state index contributed by atoms with van der Waals surface area (Å²) in [5.74, 6) is -0.381. The summed E-state index contributed by atoms with van der Waals surface area (Å²) in [6.07, 6.45) is -2.80. The molecule has 1 saturated heterocycles. The van der Waals surface area contributed by atoms with Gasteiger partial charge in [0.1, 0.15) is 0 Å². The Labute approximate surface area is 176 Å². The maximum atomic E-state index is 13.3. The molecule has 2 heterocycles. The molecule has 1 unspecified atom stereocenters. The largest absolute Gasteiger partial charge is 0.416 e. The standard InChI is InChI=1S/C22H21F3N2O2S/c1-13-5-6-14(2)19-18(13)26-21(30-19)27(12-17-4-3-11-29-17)20(28)15-7-9-16(10-8-15)22(23,24)25/h5-10,17H,3-4,11-12H2,1-2H3. The number of aryl methyl sites for hydroxylation is 2. The van der Waals surface area contributed by atoms with Crippen LogP contribution in [0.15, 0.2) is 36.4 Å². The van der Waals surface area contributed by atoms with Crippen LogP contribution in [0.1, 0.15) is 39.9 Å². The highest BCUT2D eigenvalue weighted by molar-refractivity contribution is 7.22. The van der Waals surface area contributed by atoms with Gasteiger partial charge >= 0.3 is 6.18 Å². The van der Waals surface area contributed by atoms with Crippen LogP contribution in [0.4, 0.5) is 18.3 Å². The molecular formula is C22H21F3N2O2S. The molecule has 0 N–H and O–H groups in total. The van der Waals surface area contributed by atoms with Crippen LogP contribution in [0.5, 0.6) is 0 Å². The first-order valence-electron chi connectivity index (χ1n) is 9.71. The number of alkyl halides is 3. The van der Waals surface area contributed by atoms with Crippen molar-refractivity contribution >= 4 is 32.6 Å². The highest BCUT2D eigenvalue weighted by Gasteiger charge is 2.31. The Morgan fingerprint density at radius 2 is 1.87 bits per heavy atom. The number of rotatable bonds is 4. The van der Waals surface area contributed by atoms with E-state index in [9.17, 15) is 18.0 Å². The summed E-state index contributed by atoms with van der Waals surface area (Å²) in [6.45, 7) is 4.92. The molecule has 0 saturated carbocycles. The van der Waals surface area contributed by atoms with Crippen LogP contribution in [-0.4, -0.2) is 30.1 Å². The first-order valence-corrected chi connectivity index (χ1v) is 10.5. The molecule has 4 nitrogen and oxygen atoms in total. The van der Waals surface area contributed by atoms with Gasteiger partial charge in [0.25, 0.3) is 5.91 Å². The van der Waals surface area contributed by atoms with Crippen LogP contribution in [0.2, 0.25) is 0 Å². The topological polar surface area (TPSA) is 42.4 Å². The highest BCUT2D eigenvalue weighted by atomic mass is 32.1. The second kappa shape index (κ2) is 8.00. The van der Waals surface area contributed by atoms with E-state index in [1.165, 1.54) is 23.5 Å². The lowest BCUT2D eigenvalue weighted by atomic mass is 10.1. The normalized spacial score (nSPS) is 16.9. The van der Waals surface area contributed by atoms with Crippen molar-refractivity contribution in [2.45, 2.75) is 39.0 Å². The molecule has 1 atom stereocenters.